The van der Waals surface area contributed by atoms with Crippen molar-refractivity contribution in [1.82, 2.24) is 5.32 Å². The summed E-state index contributed by atoms with van der Waals surface area (Å²) in [7, 11) is 0. The largest absolute Gasteiger partial charge is 0.464 e. The van der Waals surface area contributed by atoms with Gasteiger partial charge in [0.25, 0.3) is 5.91 Å². The van der Waals surface area contributed by atoms with Crippen LogP contribution in [0, 0.1) is 0 Å². The summed E-state index contributed by atoms with van der Waals surface area (Å²) in [4.78, 5) is 36.1. The normalized spacial score (nSPS) is 11.3. The van der Waals surface area contributed by atoms with Crippen LogP contribution in [0.25, 0.3) is 0 Å². The van der Waals surface area contributed by atoms with Gasteiger partial charge in [-0.1, -0.05) is 42.5 Å². The molecule has 2 aromatic rings. The van der Waals surface area contributed by atoms with Gasteiger partial charge >= 0.3 is 11.9 Å². The molecule has 1 atom stereocenters. The lowest BCUT2D eigenvalue weighted by Gasteiger charge is -2.18. The minimum Gasteiger partial charge on any atom is -0.464 e. The number of para-hydroxylation sites is 1. The summed E-state index contributed by atoms with van der Waals surface area (Å²) >= 11 is 0. The maximum atomic E-state index is 12.6. The number of ether oxygens (including phenoxy) is 2. The molecule has 1 unspecified atom stereocenters. The van der Waals surface area contributed by atoms with Gasteiger partial charge in [0, 0.05) is 13.3 Å². The Kier molecular flexibility index (Phi) is 6.91. The van der Waals surface area contributed by atoms with E-state index in [1.54, 1.807) is 19.1 Å². The van der Waals surface area contributed by atoms with Crippen molar-refractivity contribution < 1.29 is 23.9 Å². The first kappa shape index (κ1) is 19.2. The van der Waals surface area contributed by atoms with Crippen molar-refractivity contribution in [1.29, 1.82) is 0 Å². The SMILES string of the molecule is CCOC(=O)C(Cc1ccccc1)NC(=O)c1ccccc1OC(C)=O. The fourth-order valence-electron chi connectivity index (χ4n) is 2.42. The quantitative estimate of drug-likeness (QED) is 0.610. The molecule has 0 aliphatic carbocycles. The lowest BCUT2D eigenvalue weighted by molar-refractivity contribution is -0.145. The van der Waals surface area contributed by atoms with Crippen LogP contribution in [0.15, 0.2) is 54.6 Å². The summed E-state index contributed by atoms with van der Waals surface area (Å²) in [5, 5.41) is 2.68. The highest BCUT2D eigenvalue weighted by atomic mass is 16.5. The number of benzene rings is 2. The maximum absolute atomic E-state index is 12.6. The molecule has 6 nitrogen and oxygen atoms in total. The average molecular weight is 355 g/mol. The van der Waals surface area contributed by atoms with Gasteiger partial charge in [0.1, 0.15) is 11.8 Å². The van der Waals surface area contributed by atoms with E-state index in [4.69, 9.17) is 9.47 Å². The van der Waals surface area contributed by atoms with Gasteiger partial charge in [-0.2, -0.15) is 0 Å². The molecule has 26 heavy (non-hydrogen) atoms. The Bertz CT molecular complexity index is 773. The molecule has 0 aliphatic rings. The molecule has 0 aromatic heterocycles. The highest BCUT2D eigenvalue weighted by Crippen LogP contribution is 2.18. The fraction of sp³-hybridized carbons (Fsp3) is 0.250. The zero-order valence-corrected chi connectivity index (χ0v) is 14.7. The van der Waals surface area contributed by atoms with Gasteiger partial charge in [0.2, 0.25) is 0 Å². The molecule has 0 heterocycles. The number of carbonyl (C=O) groups excluding carboxylic acids is 3. The van der Waals surface area contributed by atoms with E-state index >= 15 is 0 Å². The minimum absolute atomic E-state index is 0.139. The third kappa shape index (κ3) is 5.44. The monoisotopic (exact) mass is 355 g/mol. The molecule has 0 aliphatic heterocycles. The van der Waals surface area contributed by atoms with Crippen molar-refractivity contribution in [3.05, 3.63) is 65.7 Å². The first-order valence-corrected chi connectivity index (χ1v) is 8.30. The topological polar surface area (TPSA) is 81.7 Å². The standard InChI is InChI=1S/C20H21NO5/c1-3-25-20(24)17(13-15-9-5-4-6-10-15)21-19(23)16-11-7-8-12-18(16)26-14(2)22/h4-12,17H,3,13H2,1-2H3,(H,21,23). The van der Waals surface area contributed by atoms with Crippen molar-refractivity contribution >= 4 is 17.8 Å². The van der Waals surface area contributed by atoms with E-state index in [9.17, 15) is 14.4 Å². The molecule has 2 rings (SSSR count). The van der Waals surface area contributed by atoms with Crippen LogP contribution in [0.5, 0.6) is 5.75 Å². The van der Waals surface area contributed by atoms with Crippen LogP contribution in [-0.4, -0.2) is 30.5 Å². The summed E-state index contributed by atoms with van der Waals surface area (Å²) in [6.45, 7) is 3.17. The maximum Gasteiger partial charge on any atom is 0.328 e. The number of nitrogens with one attached hydrogen (secondary N) is 1. The van der Waals surface area contributed by atoms with Gasteiger partial charge in [-0.3, -0.25) is 9.59 Å². The molecule has 0 spiro atoms. The molecule has 1 N–H and O–H groups in total. The molecule has 1 amide bonds. The van der Waals surface area contributed by atoms with E-state index in [1.165, 1.54) is 19.1 Å². The second-order valence-corrected chi connectivity index (χ2v) is 5.56. The van der Waals surface area contributed by atoms with Crippen molar-refractivity contribution in [2.24, 2.45) is 0 Å². The summed E-state index contributed by atoms with van der Waals surface area (Å²) in [5.41, 5.74) is 1.06. The predicted molar refractivity (Wildman–Crippen MR) is 95.8 cm³/mol. The van der Waals surface area contributed by atoms with E-state index in [1.807, 2.05) is 30.3 Å². The molecule has 0 bridgehead atoms. The molecule has 0 fully saturated rings. The molecule has 0 saturated heterocycles. The summed E-state index contributed by atoms with van der Waals surface area (Å²) in [6.07, 6.45) is 0.293. The highest BCUT2D eigenvalue weighted by molar-refractivity contribution is 5.99. The van der Waals surface area contributed by atoms with E-state index < -0.39 is 23.9 Å². The van der Waals surface area contributed by atoms with Gasteiger partial charge in [-0.05, 0) is 24.6 Å². The smallest absolute Gasteiger partial charge is 0.328 e. The van der Waals surface area contributed by atoms with Crippen LogP contribution in [0.1, 0.15) is 29.8 Å². The van der Waals surface area contributed by atoms with Crippen molar-refractivity contribution in [3.63, 3.8) is 0 Å². The number of amides is 1. The lowest BCUT2D eigenvalue weighted by Crippen LogP contribution is -2.43. The zero-order valence-electron chi connectivity index (χ0n) is 14.7. The lowest BCUT2D eigenvalue weighted by atomic mass is 10.1. The van der Waals surface area contributed by atoms with Crippen LogP contribution in [0.3, 0.4) is 0 Å². The van der Waals surface area contributed by atoms with Crippen LogP contribution < -0.4 is 10.1 Å². The molecular weight excluding hydrogens is 334 g/mol. The minimum atomic E-state index is -0.852. The second kappa shape index (κ2) is 9.36. The Morgan fingerprint density at radius 1 is 1.00 bits per heavy atom. The van der Waals surface area contributed by atoms with Gasteiger partial charge in [-0.25, -0.2) is 4.79 Å². The van der Waals surface area contributed by atoms with E-state index in [0.717, 1.165) is 5.56 Å². The Balaban J connectivity index is 2.20. The molecule has 2 aromatic carbocycles. The molecule has 0 radical (unpaired) electrons. The third-order valence-corrected chi connectivity index (χ3v) is 3.54. The average Bonchev–Trinajstić information content (AvgIpc) is 2.62. The third-order valence-electron chi connectivity index (χ3n) is 3.54. The molecule has 136 valence electrons. The first-order chi connectivity index (χ1) is 12.5. The molecule has 0 saturated carbocycles. The Morgan fingerprint density at radius 3 is 2.31 bits per heavy atom. The summed E-state index contributed by atoms with van der Waals surface area (Å²) < 4.78 is 10.1. The van der Waals surface area contributed by atoms with Crippen molar-refractivity contribution in [2.75, 3.05) is 6.61 Å². The van der Waals surface area contributed by atoms with Crippen molar-refractivity contribution in [3.8, 4) is 5.75 Å². The molecular formula is C20H21NO5. The number of rotatable bonds is 7. The van der Waals surface area contributed by atoms with Crippen LogP contribution in [0.4, 0.5) is 0 Å². The zero-order chi connectivity index (χ0) is 18.9. The predicted octanol–water partition coefficient (Wildman–Crippen LogP) is 2.52. The van der Waals surface area contributed by atoms with Gasteiger partial charge in [-0.15, -0.1) is 0 Å². The summed E-state index contributed by atoms with van der Waals surface area (Å²) in [5.74, 6) is -1.43. The van der Waals surface area contributed by atoms with E-state index in [0.29, 0.717) is 6.42 Å². The Labute approximate surface area is 152 Å². The van der Waals surface area contributed by atoms with Gasteiger partial charge < -0.3 is 14.8 Å². The number of hydrogen-bond donors (Lipinski definition) is 1. The Morgan fingerprint density at radius 2 is 1.65 bits per heavy atom. The number of esters is 2. The highest BCUT2D eigenvalue weighted by Gasteiger charge is 2.24. The Hall–Kier alpha value is -3.15. The number of carbonyl (C=O) groups is 3. The first-order valence-electron chi connectivity index (χ1n) is 8.30. The van der Waals surface area contributed by atoms with Crippen LogP contribution in [0.2, 0.25) is 0 Å². The van der Waals surface area contributed by atoms with Crippen LogP contribution >= 0.6 is 0 Å². The second-order valence-electron chi connectivity index (χ2n) is 5.56. The van der Waals surface area contributed by atoms with Gasteiger partial charge in [0.15, 0.2) is 0 Å². The van der Waals surface area contributed by atoms with Crippen LogP contribution in [-0.2, 0) is 20.7 Å². The fourth-order valence-corrected chi connectivity index (χ4v) is 2.42. The summed E-state index contributed by atoms with van der Waals surface area (Å²) in [6, 6.07) is 14.8. The van der Waals surface area contributed by atoms with Crippen molar-refractivity contribution in [2.45, 2.75) is 26.3 Å². The van der Waals surface area contributed by atoms with E-state index in [-0.39, 0.29) is 17.9 Å². The van der Waals surface area contributed by atoms with Gasteiger partial charge in [0.05, 0.1) is 12.2 Å². The molecule has 6 heteroatoms. The number of hydrogen-bond acceptors (Lipinski definition) is 5. The van der Waals surface area contributed by atoms with E-state index in [2.05, 4.69) is 5.32 Å².